The summed E-state index contributed by atoms with van der Waals surface area (Å²) in [6.07, 6.45) is 0. The number of aromatic nitrogens is 3. The summed E-state index contributed by atoms with van der Waals surface area (Å²) in [5.41, 5.74) is 13.7. The van der Waals surface area contributed by atoms with Crippen LogP contribution >= 0.6 is 0 Å². The van der Waals surface area contributed by atoms with Gasteiger partial charge in [-0.25, -0.2) is 10.2 Å². The first-order valence-corrected chi connectivity index (χ1v) is 3.13. The molecule has 13 heavy (non-hydrogen) atoms. The van der Waals surface area contributed by atoms with Gasteiger partial charge in [0.05, 0.1) is 0 Å². The van der Waals surface area contributed by atoms with Crippen molar-refractivity contribution in [2.24, 2.45) is 5.73 Å². The number of carbonyl (C=O) groups excluding carboxylic acids is 2. The van der Waals surface area contributed by atoms with Crippen molar-refractivity contribution in [3.05, 3.63) is 5.82 Å². The third kappa shape index (κ3) is 2.32. The average molecular weight is 185 g/mol. The van der Waals surface area contributed by atoms with E-state index in [-0.39, 0.29) is 11.8 Å². The Morgan fingerprint density at radius 1 is 1.31 bits per heavy atom. The van der Waals surface area contributed by atoms with Gasteiger partial charge in [-0.3, -0.25) is 10.2 Å². The van der Waals surface area contributed by atoms with E-state index in [2.05, 4.69) is 20.9 Å². The first-order chi connectivity index (χ1) is 6.09. The fourth-order valence-corrected chi connectivity index (χ4v) is 0.555. The van der Waals surface area contributed by atoms with Gasteiger partial charge in [-0.1, -0.05) is 0 Å². The van der Waals surface area contributed by atoms with Crippen molar-refractivity contribution in [1.29, 1.82) is 0 Å². The second kappa shape index (κ2) is 3.38. The van der Waals surface area contributed by atoms with E-state index in [0.717, 1.165) is 0 Å². The molecule has 1 rings (SSSR count). The molecule has 0 bridgehead atoms. The number of nitrogens with zero attached hydrogens (tertiary/aromatic N) is 2. The molecule has 0 atom stereocenters. The summed E-state index contributed by atoms with van der Waals surface area (Å²) in [7, 11) is 0. The number of H-pyrrole nitrogens is 1. The van der Waals surface area contributed by atoms with E-state index in [4.69, 9.17) is 5.73 Å². The van der Waals surface area contributed by atoms with E-state index >= 15 is 0 Å². The minimum Gasteiger partial charge on any atom is -0.368 e. The summed E-state index contributed by atoms with van der Waals surface area (Å²) >= 11 is 0. The molecule has 0 spiro atoms. The average Bonchev–Trinajstić information content (AvgIpc) is 2.47. The van der Waals surface area contributed by atoms with Gasteiger partial charge in [0.15, 0.2) is 0 Å². The maximum atomic E-state index is 11.0. The number of nitrogen functional groups attached to an aromatic ring is 1. The number of primary amides is 1. The number of hydrazine groups is 1. The standard InChI is InChI=1S/C4H7N7O2/c5-3-7-1(8-10-3)2(12)9-11-4(6)13/h(H,9,12)(H3,6,11,13)(H3,5,7,8,10). The smallest absolute Gasteiger partial charge is 0.330 e. The lowest BCUT2D eigenvalue weighted by atomic mass is 10.6. The van der Waals surface area contributed by atoms with Crippen molar-refractivity contribution in [2.75, 3.05) is 5.73 Å². The summed E-state index contributed by atoms with van der Waals surface area (Å²) in [4.78, 5) is 23.5. The Labute approximate surface area is 71.9 Å². The molecule has 1 heterocycles. The molecule has 7 N–H and O–H groups in total. The van der Waals surface area contributed by atoms with Gasteiger partial charge in [-0.2, -0.15) is 0 Å². The zero-order valence-electron chi connectivity index (χ0n) is 6.37. The Morgan fingerprint density at radius 2 is 2.00 bits per heavy atom. The van der Waals surface area contributed by atoms with Crippen LogP contribution in [0.5, 0.6) is 0 Å². The number of nitrogens with one attached hydrogen (secondary N) is 3. The first kappa shape index (κ1) is 8.77. The quantitative estimate of drug-likeness (QED) is 0.311. The van der Waals surface area contributed by atoms with E-state index < -0.39 is 11.9 Å². The highest BCUT2D eigenvalue weighted by atomic mass is 16.2. The lowest BCUT2D eigenvalue weighted by Crippen LogP contribution is -2.44. The van der Waals surface area contributed by atoms with Crippen LogP contribution in [0.3, 0.4) is 0 Å². The molecule has 70 valence electrons. The summed E-state index contributed by atoms with van der Waals surface area (Å²) < 4.78 is 0. The number of hydrogen-bond acceptors (Lipinski definition) is 5. The number of carbonyl (C=O) groups is 2. The lowest BCUT2D eigenvalue weighted by Gasteiger charge is -2.00. The highest BCUT2D eigenvalue weighted by Gasteiger charge is 2.09. The van der Waals surface area contributed by atoms with E-state index in [1.54, 1.807) is 0 Å². The number of rotatable bonds is 1. The topological polar surface area (TPSA) is 152 Å². The largest absolute Gasteiger partial charge is 0.368 e. The fourth-order valence-electron chi connectivity index (χ4n) is 0.555. The van der Waals surface area contributed by atoms with Crippen LogP contribution < -0.4 is 22.3 Å². The van der Waals surface area contributed by atoms with Gasteiger partial charge in [-0.05, 0) is 0 Å². The minimum atomic E-state index is -0.888. The Hall–Kier alpha value is -2.32. The zero-order valence-corrected chi connectivity index (χ0v) is 6.37. The Morgan fingerprint density at radius 3 is 2.46 bits per heavy atom. The number of amides is 3. The van der Waals surface area contributed by atoms with Crippen molar-refractivity contribution in [3.63, 3.8) is 0 Å². The van der Waals surface area contributed by atoms with Crippen LogP contribution in [-0.2, 0) is 0 Å². The third-order valence-corrected chi connectivity index (χ3v) is 1.02. The normalized spacial score (nSPS) is 9.23. The Kier molecular flexibility index (Phi) is 2.28. The Bertz CT molecular complexity index is 331. The van der Waals surface area contributed by atoms with Crippen molar-refractivity contribution < 1.29 is 9.59 Å². The van der Waals surface area contributed by atoms with Gasteiger partial charge in [0.25, 0.3) is 0 Å². The van der Waals surface area contributed by atoms with E-state index in [1.165, 1.54) is 0 Å². The van der Waals surface area contributed by atoms with Crippen molar-refractivity contribution in [2.45, 2.75) is 0 Å². The molecule has 0 aliphatic carbocycles. The van der Waals surface area contributed by atoms with Crippen LogP contribution in [0, 0.1) is 0 Å². The van der Waals surface area contributed by atoms with Crippen LogP contribution in [0.1, 0.15) is 10.6 Å². The van der Waals surface area contributed by atoms with E-state index in [0.29, 0.717) is 0 Å². The zero-order chi connectivity index (χ0) is 9.84. The minimum absolute atomic E-state index is 0.00391. The summed E-state index contributed by atoms with van der Waals surface area (Å²) in [5.74, 6) is -0.807. The molecule has 0 radical (unpaired) electrons. The van der Waals surface area contributed by atoms with Gasteiger partial charge in [0.1, 0.15) is 0 Å². The van der Waals surface area contributed by atoms with Gasteiger partial charge in [0.2, 0.25) is 11.8 Å². The monoisotopic (exact) mass is 185 g/mol. The van der Waals surface area contributed by atoms with Crippen molar-refractivity contribution in [3.8, 4) is 0 Å². The van der Waals surface area contributed by atoms with Gasteiger partial charge >= 0.3 is 11.9 Å². The maximum absolute atomic E-state index is 11.0. The molecule has 9 heteroatoms. The van der Waals surface area contributed by atoms with Crippen LogP contribution in [-0.4, -0.2) is 27.1 Å². The van der Waals surface area contributed by atoms with Crippen LogP contribution in [0.15, 0.2) is 0 Å². The summed E-state index contributed by atoms with van der Waals surface area (Å²) in [5, 5.41) is 6.69. The van der Waals surface area contributed by atoms with Gasteiger partial charge in [-0.15, -0.1) is 10.2 Å². The number of anilines is 1. The second-order valence-electron chi connectivity index (χ2n) is 2.00. The van der Waals surface area contributed by atoms with Crippen molar-refractivity contribution >= 4 is 17.9 Å². The molecule has 0 aliphatic rings. The predicted octanol–water partition coefficient (Wildman–Crippen LogP) is -2.30. The van der Waals surface area contributed by atoms with E-state index in [9.17, 15) is 9.59 Å². The lowest BCUT2D eigenvalue weighted by molar-refractivity contribution is 0.0927. The Balaban J connectivity index is 2.54. The van der Waals surface area contributed by atoms with Crippen LogP contribution in [0.4, 0.5) is 10.7 Å². The number of aromatic amines is 1. The highest BCUT2D eigenvalue weighted by Crippen LogP contribution is 1.90. The molecule has 0 fully saturated rings. The predicted molar refractivity (Wildman–Crippen MR) is 41.0 cm³/mol. The second-order valence-corrected chi connectivity index (χ2v) is 2.00. The van der Waals surface area contributed by atoms with Crippen LogP contribution in [0.25, 0.3) is 0 Å². The van der Waals surface area contributed by atoms with Crippen LogP contribution in [0.2, 0.25) is 0 Å². The molecule has 1 aromatic rings. The molecule has 9 nitrogen and oxygen atoms in total. The molecule has 3 amide bonds. The SMILES string of the molecule is NC(=O)NNC(=O)c1nnc(N)[nH]1. The molecule has 0 aliphatic heterocycles. The number of nitrogens with two attached hydrogens (primary N) is 2. The molecule has 0 unspecified atom stereocenters. The molecule has 0 saturated heterocycles. The third-order valence-electron chi connectivity index (χ3n) is 1.02. The molecular formula is C4H7N7O2. The summed E-state index contributed by atoms with van der Waals surface area (Å²) in [6.45, 7) is 0. The maximum Gasteiger partial charge on any atom is 0.330 e. The number of hydrogen-bond donors (Lipinski definition) is 5. The molecular weight excluding hydrogens is 178 g/mol. The fraction of sp³-hybridized carbons (Fsp3) is 0. The van der Waals surface area contributed by atoms with Gasteiger partial charge < -0.3 is 16.5 Å². The molecule has 0 aromatic carbocycles. The van der Waals surface area contributed by atoms with Gasteiger partial charge in [0, 0.05) is 0 Å². The summed E-state index contributed by atoms with van der Waals surface area (Å²) in [6, 6.07) is -0.888. The molecule has 1 aromatic heterocycles. The van der Waals surface area contributed by atoms with Crippen molar-refractivity contribution in [1.82, 2.24) is 26.0 Å². The molecule has 0 saturated carbocycles. The highest BCUT2D eigenvalue weighted by molar-refractivity contribution is 5.91. The first-order valence-electron chi connectivity index (χ1n) is 3.13. The van der Waals surface area contributed by atoms with E-state index in [1.807, 2.05) is 10.9 Å². The number of urea groups is 1.